The first kappa shape index (κ1) is 25.9. The van der Waals surface area contributed by atoms with Gasteiger partial charge in [0, 0.05) is 16.9 Å². The van der Waals surface area contributed by atoms with Gasteiger partial charge in [-0.3, -0.25) is 10.2 Å². The van der Waals surface area contributed by atoms with E-state index in [1.807, 2.05) is 42.5 Å². The molecule has 1 aromatic heterocycles. The molecule has 1 heterocycles. The highest BCUT2D eigenvalue weighted by atomic mass is 35.5. The Bertz CT molecular complexity index is 1390. The molecular formula is C26H25ClN4O3S. The maximum atomic E-state index is 12.9. The fraction of sp³-hybridized carbons (Fsp3) is 0.115. The van der Waals surface area contributed by atoms with Crippen LogP contribution in [0.25, 0.3) is 10.8 Å². The molecule has 4 aromatic rings. The third-order valence-electron chi connectivity index (χ3n) is 5.70. The van der Waals surface area contributed by atoms with Gasteiger partial charge in [0.1, 0.15) is 11.4 Å². The molecule has 1 unspecified atom stereocenters. The molecule has 0 fully saturated rings. The molecule has 0 saturated carbocycles. The Balaban J connectivity index is 0.00000342. The molecule has 35 heavy (non-hydrogen) atoms. The second-order valence-corrected chi connectivity index (χ2v) is 9.21. The van der Waals surface area contributed by atoms with Crippen LogP contribution in [-0.4, -0.2) is 22.8 Å². The minimum Gasteiger partial charge on any atom is -0.480 e. The maximum absolute atomic E-state index is 12.9. The molecule has 1 amide bonds. The maximum Gasteiger partial charge on any atom is 0.328 e. The van der Waals surface area contributed by atoms with Crippen molar-refractivity contribution in [2.75, 3.05) is 0 Å². The average molecular weight is 509 g/mol. The zero-order valence-corrected chi connectivity index (χ0v) is 20.3. The number of halogens is 1. The minimum atomic E-state index is -1.61. The van der Waals surface area contributed by atoms with Crippen molar-refractivity contribution in [3.05, 3.63) is 105 Å². The van der Waals surface area contributed by atoms with E-state index in [-0.39, 0.29) is 30.6 Å². The van der Waals surface area contributed by atoms with Crippen LogP contribution in [0.1, 0.15) is 31.2 Å². The van der Waals surface area contributed by atoms with E-state index in [1.54, 1.807) is 36.4 Å². The van der Waals surface area contributed by atoms with Crippen molar-refractivity contribution in [1.82, 2.24) is 5.32 Å². The fourth-order valence-corrected chi connectivity index (χ4v) is 4.67. The van der Waals surface area contributed by atoms with Gasteiger partial charge in [0.2, 0.25) is 0 Å². The highest BCUT2D eigenvalue weighted by Gasteiger charge is 2.36. The van der Waals surface area contributed by atoms with Crippen molar-refractivity contribution in [1.29, 1.82) is 5.41 Å². The summed E-state index contributed by atoms with van der Waals surface area (Å²) in [6.07, 6.45) is 0.137. The number of carboxylic acid groups (broad SMARTS) is 1. The van der Waals surface area contributed by atoms with Crippen LogP contribution >= 0.6 is 23.7 Å². The second kappa shape index (κ2) is 10.7. The van der Waals surface area contributed by atoms with Crippen LogP contribution in [0.5, 0.6) is 0 Å². The van der Waals surface area contributed by atoms with Gasteiger partial charge in [-0.25, -0.2) is 4.79 Å². The van der Waals surface area contributed by atoms with Crippen LogP contribution in [0.3, 0.4) is 0 Å². The number of carboxylic acids is 1. The minimum absolute atomic E-state index is 0. The van der Waals surface area contributed by atoms with Gasteiger partial charge < -0.3 is 21.9 Å². The number of fused-ring (bicyclic) bond motifs is 1. The quantitative estimate of drug-likeness (QED) is 0.180. The number of aliphatic carboxylic acids is 1. The Morgan fingerprint density at radius 1 is 1.00 bits per heavy atom. The summed E-state index contributed by atoms with van der Waals surface area (Å²) < 4.78 is 0. The summed E-state index contributed by atoms with van der Waals surface area (Å²) >= 11 is 1.36. The highest BCUT2D eigenvalue weighted by Crippen LogP contribution is 2.29. The van der Waals surface area contributed by atoms with Gasteiger partial charge in [-0.1, -0.05) is 54.6 Å². The molecule has 7 nitrogen and oxygen atoms in total. The SMILES string of the molecule is Cl.N=C(N)c1ccc(CNC(=O)c2cccc3cc(C(N)(Cc4ccccc4)C(=O)O)ccc23)s1. The summed E-state index contributed by atoms with van der Waals surface area (Å²) in [5.41, 5.74) is 12.1. The first-order valence-electron chi connectivity index (χ1n) is 10.6. The van der Waals surface area contributed by atoms with E-state index < -0.39 is 11.5 Å². The number of hydrogen-bond acceptors (Lipinski definition) is 5. The normalized spacial score (nSPS) is 12.4. The molecule has 1 atom stereocenters. The highest BCUT2D eigenvalue weighted by molar-refractivity contribution is 7.14. The van der Waals surface area contributed by atoms with Crippen LogP contribution < -0.4 is 16.8 Å². The summed E-state index contributed by atoms with van der Waals surface area (Å²) in [4.78, 5) is 26.6. The van der Waals surface area contributed by atoms with E-state index in [0.717, 1.165) is 15.8 Å². The van der Waals surface area contributed by atoms with Gasteiger partial charge >= 0.3 is 5.97 Å². The molecule has 7 N–H and O–H groups in total. The molecule has 3 aromatic carbocycles. The Hall–Kier alpha value is -3.72. The Kier molecular flexibility index (Phi) is 7.91. The molecule has 9 heteroatoms. The van der Waals surface area contributed by atoms with Crippen molar-refractivity contribution in [3.63, 3.8) is 0 Å². The first-order chi connectivity index (χ1) is 16.3. The van der Waals surface area contributed by atoms with Crippen molar-refractivity contribution in [2.45, 2.75) is 18.5 Å². The Morgan fingerprint density at radius 3 is 2.40 bits per heavy atom. The van der Waals surface area contributed by atoms with Gasteiger partial charge in [0.25, 0.3) is 5.91 Å². The summed E-state index contributed by atoms with van der Waals surface area (Å²) in [5.74, 6) is -1.37. The summed E-state index contributed by atoms with van der Waals surface area (Å²) in [7, 11) is 0. The molecule has 4 rings (SSSR count). The third kappa shape index (κ3) is 5.51. The third-order valence-corrected chi connectivity index (χ3v) is 6.82. The summed E-state index contributed by atoms with van der Waals surface area (Å²) in [6.45, 7) is 0.313. The van der Waals surface area contributed by atoms with Crippen molar-refractivity contribution < 1.29 is 14.7 Å². The number of carbonyl (C=O) groups excluding carboxylic acids is 1. The average Bonchev–Trinajstić information content (AvgIpc) is 3.32. The van der Waals surface area contributed by atoms with E-state index in [0.29, 0.717) is 27.9 Å². The summed E-state index contributed by atoms with van der Waals surface area (Å²) in [5, 5.41) is 21.8. The number of nitrogen functional groups attached to an aromatic ring is 1. The van der Waals surface area contributed by atoms with Gasteiger partial charge in [0.15, 0.2) is 0 Å². The van der Waals surface area contributed by atoms with Crippen LogP contribution in [0, 0.1) is 5.41 Å². The molecule has 0 saturated heterocycles. The van der Waals surface area contributed by atoms with E-state index in [9.17, 15) is 14.7 Å². The predicted octanol–water partition coefficient (Wildman–Crippen LogP) is 4.02. The molecule has 0 radical (unpaired) electrons. The largest absolute Gasteiger partial charge is 0.480 e. The smallest absolute Gasteiger partial charge is 0.328 e. The van der Waals surface area contributed by atoms with E-state index in [1.165, 1.54) is 11.3 Å². The lowest BCUT2D eigenvalue weighted by molar-refractivity contribution is -0.143. The number of amidine groups is 1. The number of amides is 1. The van der Waals surface area contributed by atoms with Crippen LogP contribution in [0.15, 0.2) is 78.9 Å². The van der Waals surface area contributed by atoms with Crippen molar-refractivity contribution in [2.24, 2.45) is 11.5 Å². The first-order valence-corrected chi connectivity index (χ1v) is 11.4. The topological polar surface area (TPSA) is 142 Å². The zero-order chi connectivity index (χ0) is 24.3. The summed E-state index contributed by atoms with van der Waals surface area (Å²) in [6, 6.07) is 23.3. The molecular weight excluding hydrogens is 484 g/mol. The van der Waals surface area contributed by atoms with Crippen molar-refractivity contribution in [3.8, 4) is 0 Å². The van der Waals surface area contributed by atoms with Gasteiger partial charge in [0.05, 0.1) is 11.4 Å². The molecule has 0 bridgehead atoms. The van der Waals surface area contributed by atoms with Gasteiger partial charge in [-0.05, 0) is 46.2 Å². The van der Waals surface area contributed by atoms with Crippen LogP contribution in [0.4, 0.5) is 0 Å². The number of thiophene rings is 1. The molecule has 0 aliphatic heterocycles. The fourth-order valence-electron chi connectivity index (χ4n) is 3.86. The van der Waals surface area contributed by atoms with E-state index >= 15 is 0 Å². The molecule has 0 aliphatic carbocycles. The van der Waals surface area contributed by atoms with Crippen molar-refractivity contribution >= 4 is 52.2 Å². The number of benzene rings is 3. The van der Waals surface area contributed by atoms with Crippen LogP contribution in [0.2, 0.25) is 0 Å². The molecule has 0 spiro atoms. The monoisotopic (exact) mass is 508 g/mol. The number of nitrogens with two attached hydrogens (primary N) is 2. The van der Waals surface area contributed by atoms with Gasteiger partial charge in [-0.2, -0.15) is 0 Å². The molecule has 180 valence electrons. The zero-order valence-electron chi connectivity index (χ0n) is 18.7. The van der Waals surface area contributed by atoms with E-state index in [4.69, 9.17) is 16.9 Å². The Morgan fingerprint density at radius 2 is 1.74 bits per heavy atom. The Labute approximate surface area is 212 Å². The number of nitrogens with one attached hydrogen (secondary N) is 2. The lowest BCUT2D eigenvalue weighted by Crippen LogP contribution is -2.46. The second-order valence-electron chi connectivity index (χ2n) is 8.04. The molecule has 0 aliphatic rings. The number of rotatable bonds is 8. The lowest BCUT2D eigenvalue weighted by Gasteiger charge is -2.26. The van der Waals surface area contributed by atoms with Gasteiger partial charge in [-0.15, -0.1) is 23.7 Å². The lowest BCUT2D eigenvalue weighted by atomic mass is 9.83. The standard InChI is InChI=1S/C26H24N4O3S.ClH/c27-23(28)22-12-10-19(34-22)15-30-24(31)21-8-4-7-17-13-18(9-11-20(17)21)26(29,25(32)33)14-16-5-2-1-3-6-16;/h1-13H,14-15,29H2,(H3,27,28)(H,30,31)(H,32,33);1H. The van der Waals surface area contributed by atoms with E-state index in [2.05, 4.69) is 5.32 Å². The number of carbonyl (C=O) groups is 2. The number of hydrogen-bond donors (Lipinski definition) is 5. The predicted molar refractivity (Wildman–Crippen MR) is 141 cm³/mol. The van der Waals surface area contributed by atoms with Crippen LogP contribution in [-0.2, 0) is 23.3 Å².